The van der Waals surface area contributed by atoms with Crippen molar-refractivity contribution in [2.75, 3.05) is 11.9 Å². The molecule has 128 valence electrons. The van der Waals surface area contributed by atoms with Crippen molar-refractivity contribution in [3.8, 4) is 17.0 Å². The van der Waals surface area contributed by atoms with Crippen molar-refractivity contribution in [2.45, 2.75) is 13.3 Å². The fourth-order valence-corrected chi connectivity index (χ4v) is 2.19. The molecule has 0 atom stereocenters. The SMILES string of the molecule is CCCOc1cccc(C(=O)Nc2nonc2-c2ccc(F)cc2)c1. The molecule has 0 aliphatic carbocycles. The Morgan fingerprint density at radius 2 is 2.00 bits per heavy atom. The van der Waals surface area contributed by atoms with Crippen LogP contribution in [-0.2, 0) is 0 Å². The Balaban J connectivity index is 1.78. The largest absolute Gasteiger partial charge is 0.494 e. The molecule has 7 heteroatoms. The first-order chi connectivity index (χ1) is 12.2. The third kappa shape index (κ3) is 4.00. The van der Waals surface area contributed by atoms with Gasteiger partial charge >= 0.3 is 0 Å². The lowest BCUT2D eigenvalue weighted by Gasteiger charge is -2.07. The number of carbonyl (C=O) groups excluding carboxylic acids is 1. The highest BCUT2D eigenvalue weighted by Crippen LogP contribution is 2.25. The van der Waals surface area contributed by atoms with E-state index in [1.54, 1.807) is 24.3 Å². The van der Waals surface area contributed by atoms with Gasteiger partial charge in [0, 0.05) is 11.1 Å². The topological polar surface area (TPSA) is 77.2 Å². The van der Waals surface area contributed by atoms with E-state index < -0.39 is 0 Å². The average molecular weight is 341 g/mol. The van der Waals surface area contributed by atoms with Crippen LogP contribution in [0.2, 0.25) is 0 Å². The summed E-state index contributed by atoms with van der Waals surface area (Å²) >= 11 is 0. The number of aromatic nitrogens is 2. The molecule has 2 aromatic carbocycles. The van der Waals surface area contributed by atoms with Crippen LogP contribution in [0, 0.1) is 5.82 Å². The number of anilines is 1. The summed E-state index contributed by atoms with van der Waals surface area (Å²) in [6.45, 7) is 2.58. The number of nitrogens with zero attached hydrogens (tertiary/aromatic N) is 2. The third-order valence-corrected chi connectivity index (χ3v) is 3.41. The Bertz CT molecular complexity index is 862. The minimum atomic E-state index is -0.374. The van der Waals surface area contributed by atoms with Crippen molar-refractivity contribution in [2.24, 2.45) is 0 Å². The Morgan fingerprint density at radius 3 is 2.76 bits per heavy atom. The van der Waals surface area contributed by atoms with Crippen LogP contribution in [0.1, 0.15) is 23.7 Å². The van der Waals surface area contributed by atoms with Gasteiger partial charge in [-0.2, -0.15) is 0 Å². The Hall–Kier alpha value is -3.22. The molecule has 1 aromatic heterocycles. The highest BCUT2D eigenvalue weighted by atomic mass is 19.1. The quantitative estimate of drug-likeness (QED) is 0.735. The summed E-state index contributed by atoms with van der Waals surface area (Å²) in [6, 6.07) is 12.5. The number of ether oxygens (including phenoxy) is 1. The number of benzene rings is 2. The monoisotopic (exact) mass is 341 g/mol. The van der Waals surface area contributed by atoms with Crippen LogP contribution in [0.5, 0.6) is 5.75 Å². The molecule has 0 bridgehead atoms. The molecule has 6 nitrogen and oxygen atoms in total. The maximum absolute atomic E-state index is 13.0. The predicted molar refractivity (Wildman–Crippen MR) is 89.9 cm³/mol. The fourth-order valence-electron chi connectivity index (χ4n) is 2.19. The average Bonchev–Trinajstić information content (AvgIpc) is 3.09. The van der Waals surface area contributed by atoms with Crippen LogP contribution in [0.25, 0.3) is 11.3 Å². The summed E-state index contributed by atoms with van der Waals surface area (Å²) in [5, 5.41) is 10.1. The van der Waals surface area contributed by atoms with Gasteiger partial charge in [-0.15, -0.1) is 0 Å². The number of halogens is 1. The number of carbonyl (C=O) groups is 1. The summed E-state index contributed by atoms with van der Waals surface area (Å²) in [5.74, 6) is 0.0405. The van der Waals surface area contributed by atoms with E-state index in [0.717, 1.165) is 6.42 Å². The number of nitrogens with one attached hydrogen (secondary N) is 1. The second-order valence-electron chi connectivity index (χ2n) is 5.30. The van der Waals surface area contributed by atoms with Gasteiger partial charge in [-0.3, -0.25) is 4.79 Å². The van der Waals surface area contributed by atoms with E-state index in [1.807, 2.05) is 6.92 Å². The lowest BCUT2D eigenvalue weighted by Crippen LogP contribution is -2.13. The fraction of sp³-hybridized carbons (Fsp3) is 0.167. The number of hydrogen-bond donors (Lipinski definition) is 1. The molecule has 3 rings (SSSR count). The first-order valence-electron chi connectivity index (χ1n) is 7.80. The van der Waals surface area contributed by atoms with Crippen LogP contribution in [0.15, 0.2) is 53.2 Å². The lowest BCUT2D eigenvalue weighted by molar-refractivity contribution is 0.102. The van der Waals surface area contributed by atoms with Crippen LogP contribution in [0.4, 0.5) is 10.2 Å². The lowest BCUT2D eigenvalue weighted by atomic mass is 10.1. The van der Waals surface area contributed by atoms with E-state index >= 15 is 0 Å². The van der Waals surface area contributed by atoms with Gasteiger partial charge in [-0.05, 0) is 59.2 Å². The van der Waals surface area contributed by atoms with Crippen molar-refractivity contribution in [3.05, 3.63) is 59.9 Å². The molecule has 1 N–H and O–H groups in total. The molecule has 1 amide bonds. The van der Waals surface area contributed by atoms with E-state index in [9.17, 15) is 9.18 Å². The summed E-state index contributed by atoms with van der Waals surface area (Å²) in [6.07, 6.45) is 0.877. The Kier molecular flexibility index (Phi) is 5.03. The van der Waals surface area contributed by atoms with Crippen molar-refractivity contribution in [1.29, 1.82) is 0 Å². The number of rotatable bonds is 6. The van der Waals surface area contributed by atoms with Crippen molar-refractivity contribution in [3.63, 3.8) is 0 Å². The minimum Gasteiger partial charge on any atom is -0.494 e. The van der Waals surface area contributed by atoms with Crippen molar-refractivity contribution < 1.29 is 18.6 Å². The summed E-state index contributed by atoms with van der Waals surface area (Å²) < 4.78 is 23.3. The van der Waals surface area contributed by atoms with Gasteiger partial charge in [-0.25, -0.2) is 9.02 Å². The Morgan fingerprint density at radius 1 is 1.20 bits per heavy atom. The predicted octanol–water partition coefficient (Wildman–Crippen LogP) is 3.92. The van der Waals surface area contributed by atoms with E-state index in [-0.39, 0.29) is 17.5 Å². The molecule has 0 saturated carbocycles. The molecule has 0 aliphatic rings. The number of amides is 1. The van der Waals surface area contributed by atoms with Crippen LogP contribution in [0.3, 0.4) is 0 Å². The molecule has 1 heterocycles. The molecule has 0 aliphatic heterocycles. The van der Waals surface area contributed by atoms with Gasteiger partial charge in [0.15, 0.2) is 5.69 Å². The summed E-state index contributed by atoms with van der Waals surface area (Å²) in [7, 11) is 0. The highest BCUT2D eigenvalue weighted by molar-refractivity contribution is 6.05. The molecule has 0 fully saturated rings. The molecule has 0 saturated heterocycles. The normalized spacial score (nSPS) is 10.5. The Labute approximate surface area is 143 Å². The maximum Gasteiger partial charge on any atom is 0.257 e. The first kappa shape index (κ1) is 16.6. The van der Waals surface area contributed by atoms with E-state index in [4.69, 9.17) is 9.37 Å². The molecule has 0 spiro atoms. The van der Waals surface area contributed by atoms with Crippen molar-refractivity contribution in [1.82, 2.24) is 10.3 Å². The van der Waals surface area contributed by atoms with Gasteiger partial charge < -0.3 is 10.1 Å². The molecular weight excluding hydrogens is 325 g/mol. The first-order valence-corrected chi connectivity index (χ1v) is 7.80. The second kappa shape index (κ2) is 7.57. The van der Waals surface area contributed by atoms with E-state index in [1.165, 1.54) is 24.3 Å². The molecule has 0 unspecified atom stereocenters. The summed E-state index contributed by atoms with van der Waals surface area (Å²) in [5.41, 5.74) is 1.33. The zero-order chi connectivity index (χ0) is 17.6. The molecule has 3 aromatic rings. The van der Waals surface area contributed by atoms with Gasteiger partial charge in [-0.1, -0.05) is 13.0 Å². The zero-order valence-electron chi connectivity index (χ0n) is 13.5. The van der Waals surface area contributed by atoms with Crippen LogP contribution < -0.4 is 10.1 Å². The highest BCUT2D eigenvalue weighted by Gasteiger charge is 2.16. The van der Waals surface area contributed by atoms with Gasteiger partial charge in [0.1, 0.15) is 11.6 Å². The number of hydrogen-bond acceptors (Lipinski definition) is 5. The summed E-state index contributed by atoms with van der Waals surface area (Å²) in [4.78, 5) is 12.4. The smallest absolute Gasteiger partial charge is 0.257 e. The minimum absolute atomic E-state index is 0.163. The standard InChI is InChI=1S/C18H16FN3O3/c1-2-10-24-15-5-3-4-13(11-15)18(23)20-17-16(21-25-22-17)12-6-8-14(19)9-7-12/h3-9,11H,2,10H2,1H3,(H,20,22,23). The second-order valence-corrected chi connectivity index (χ2v) is 5.30. The maximum atomic E-state index is 13.0. The van der Waals surface area contributed by atoms with Gasteiger partial charge in [0.05, 0.1) is 6.61 Å². The van der Waals surface area contributed by atoms with Crippen LogP contribution >= 0.6 is 0 Å². The van der Waals surface area contributed by atoms with Gasteiger partial charge in [0.2, 0.25) is 5.82 Å². The van der Waals surface area contributed by atoms with E-state index in [2.05, 4.69) is 15.6 Å². The van der Waals surface area contributed by atoms with Crippen molar-refractivity contribution >= 4 is 11.7 Å². The van der Waals surface area contributed by atoms with Gasteiger partial charge in [0.25, 0.3) is 5.91 Å². The third-order valence-electron chi connectivity index (χ3n) is 3.41. The van der Waals surface area contributed by atoms with E-state index in [0.29, 0.717) is 29.2 Å². The molecular formula is C18H16FN3O3. The zero-order valence-corrected chi connectivity index (χ0v) is 13.5. The molecule has 0 radical (unpaired) electrons. The van der Waals surface area contributed by atoms with Crippen LogP contribution in [-0.4, -0.2) is 22.8 Å². The molecule has 25 heavy (non-hydrogen) atoms.